The molecule has 0 spiro atoms. The lowest BCUT2D eigenvalue weighted by molar-refractivity contribution is 0.236. The highest BCUT2D eigenvalue weighted by molar-refractivity contribution is 6.96. The molecule has 0 unspecified atom stereocenters. The second-order valence-corrected chi connectivity index (χ2v) is 92.1. The molecule has 0 aromatic rings. The minimum Gasteiger partial charge on any atom is -0.416 e. The Bertz CT molecular complexity index is 1440. The van der Waals surface area contributed by atoms with Gasteiger partial charge in [0.1, 0.15) is 0 Å². The van der Waals surface area contributed by atoms with E-state index in [0.717, 1.165) is 0 Å². The van der Waals surface area contributed by atoms with E-state index < -0.39 is 154 Å². The molecule has 432 valence electrons. The Morgan fingerprint density at radius 3 is 0.139 bits per heavy atom. The van der Waals surface area contributed by atoms with Gasteiger partial charge in [-0.15, -0.1) is 0 Å². The quantitative estimate of drug-likeness (QED) is 0.210. The van der Waals surface area contributed by atoms with Gasteiger partial charge >= 0.3 is 154 Å². The summed E-state index contributed by atoms with van der Waals surface area (Å²) in [5.41, 5.74) is 0. The van der Waals surface area contributed by atoms with Gasteiger partial charge in [-0.05, 0) is 236 Å². The lowest BCUT2D eigenvalue weighted by Crippen LogP contribution is -2.64. The van der Waals surface area contributed by atoms with Crippen LogP contribution in [-0.4, -0.2) is 154 Å². The van der Waals surface area contributed by atoms with Crippen LogP contribution in [0.15, 0.2) is 0 Å². The summed E-state index contributed by atoms with van der Waals surface area (Å²) in [5, 5.41) is 0. The van der Waals surface area contributed by atoms with Crippen molar-refractivity contribution in [2.45, 2.75) is 236 Å². The Hall–Kier alpha value is 3.18. The fraction of sp³-hybridized carbons (Fsp3) is 1.00. The molecule has 4 fully saturated rings. The molecule has 0 aromatic carbocycles. The molecule has 0 aliphatic carbocycles. The standard InChI is InChI=1S/C12H36O6Si6.C10H30O5Si5.C8H24O4Si4.C6H18O3Si3/c1-19(2)13-20(3,4)15-22(7,8)17-24(11,12)18-23(9,10)16-21(5,6)14-19;1-16(2)11-17(3,4)13-19(7,8)15-20(9,10)14-18(5,6)12-16;1-13(2)9-14(3,4)11-16(7,8)12-15(5,6)10-13;1-10(2)7-11(3,4)9-12(5,6)8-10/h1-12H3;1-10H3;1-8H3;1-6H3. The second kappa shape index (κ2) is 23.8. The third-order valence-corrected chi connectivity index (χ3v) is 79.6. The van der Waals surface area contributed by atoms with Crippen LogP contribution in [-0.2, 0) is 74.1 Å². The average molecular weight is 1330 g/mol. The van der Waals surface area contributed by atoms with Gasteiger partial charge in [-0.3, -0.25) is 0 Å². The summed E-state index contributed by atoms with van der Waals surface area (Å²) in [5.74, 6) is 0. The van der Waals surface area contributed by atoms with Crippen LogP contribution in [0.2, 0.25) is 236 Å². The molecule has 0 N–H and O–H groups in total. The molecule has 4 aliphatic rings. The Labute approximate surface area is 460 Å². The SMILES string of the molecule is C[Si]1(C)O[Si](C)(C)O[Si](C)(C)O1.C[Si]1(C)O[Si](C)(C)O[Si](C)(C)O[Si](C)(C)O1.C[Si]1(C)O[Si](C)(C)O[Si](C)(C)O[Si](C)(C)O[Si](C)(C)O1.C[Si]1(C)O[Si](C)(C)O[Si](C)(C)O[Si](C)(C)O[Si](C)(C)O[Si](C)(C)O1. The Morgan fingerprint density at radius 1 is 0.0833 bits per heavy atom. The molecule has 72 heavy (non-hydrogen) atoms. The molecule has 0 aromatic heterocycles. The van der Waals surface area contributed by atoms with Crippen LogP contribution in [0.4, 0.5) is 0 Å². The fourth-order valence-corrected chi connectivity index (χ4v) is 106. The Morgan fingerprint density at radius 2 is 0.111 bits per heavy atom. The minimum absolute atomic E-state index is 1.86. The van der Waals surface area contributed by atoms with Crippen molar-refractivity contribution < 1.29 is 74.1 Å². The summed E-state index contributed by atoms with van der Waals surface area (Å²) in [7, 11) is -39.6. The summed E-state index contributed by atoms with van der Waals surface area (Å²) in [6.07, 6.45) is 0. The fourth-order valence-electron chi connectivity index (χ4n) is 11.0. The van der Waals surface area contributed by atoms with Gasteiger partial charge in [0.25, 0.3) is 0 Å². The highest BCUT2D eigenvalue weighted by atomic mass is 28.6. The number of hydrogen-bond acceptors (Lipinski definition) is 18. The molecule has 0 saturated carbocycles. The van der Waals surface area contributed by atoms with Crippen LogP contribution in [0.25, 0.3) is 0 Å². The van der Waals surface area contributed by atoms with Gasteiger partial charge in [-0.1, -0.05) is 0 Å². The molecule has 0 bridgehead atoms. The van der Waals surface area contributed by atoms with E-state index in [2.05, 4.69) is 236 Å². The molecule has 4 saturated heterocycles. The van der Waals surface area contributed by atoms with E-state index >= 15 is 0 Å². The Balaban J connectivity index is 0.000000493. The van der Waals surface area contributed by atoms with E-state index in [9.17, 15) is 0 Å². The topological polar surface area (TPSA) is 166 Å². The van der Waals surface area contributed by atoms with Crippen molar-refractivity contribution >= 4 is 154 Å². The molecule has 36 heteroatoms. The van der Waals surface area contributed by atoms with Crippen molar-refractivity contribution in [2.24, 2.45) is 0 Å². The van der Waals surface area contributed by atoms with E-state index in [1.165, 1.54) is 0 Å². The van der Waals surface area contributed by atoms with Crippen molar-refractivity contribution in [3.8, 4) is 0 Å². The predicted molar refractivity (Wildman–Crippen MR) is 334 cm³/mol. The molecular formula is C36H108O18Si18. The maximum absolute atomic E-state index is 6.44. The van der Waals surface area contributed by atoms with Crippen molar-refractivity contribution in [1.29, 1.82) is 0 Å². The Kier molecular flexibility index (Phi) is 24.2. The first kappa shape index (κ1) is 73.2. The van der Waals surface area contributed by atoms with E-state index in [1.807, 2.05) is 0 Å². The van der Waals surface area contributed by atoms with Gasteiger partial charge in [-0.25, -0.2) is 0 Å². The van der Waals surface area contributed by atoms with Gasteiger partial charge in [0, 0.05) is 0 Å². The summed E-state index contributed by atoms with van der Waals surface area (Å²) in [4.78, 5) is 0. The first-order valence-corrected chi connectivity index (χ1v) is 76.0. The molecule has 0 atom stereocenters. The summed E-state index contributed by atoms with van der Waals surface area (Å²) >= 11 is 0. The molecule has 4 aliphatic heterocycles. The minimum atomic E-state index is -2.38. The van der Waals surface area contributed by atoms with Gasteiger partial charge < -0.3 is 74.1 Å². The lowest BCUT2D eigenvalue weighted by atomic mass is 11.9. The maximum atomic E-state index is 6.44. The van der Waals surface area contributed by atoms with Gasteiger partial charge in [0.15, 0.2) is 0 Å². The molecule has 18 nitrogen and oxygen atoms in total. The zero-order valence-electron chi connectivity index (χ0n) is 52.3. The van der Waals surface area contributed by atoms with Crippen molar-refractivity contribution in [3.05, 3.63) is 0 Å². The van der Waals surface area contributed by atoms with Crippen molar-refractivity contribution in [2.75, 3.05) is 0 Å². The summed E-state index contributed by atoms with van der Waals surface area (Å²) < 4.78 is 112. The first-order chi connectivity index (χ1) is 30.7. The monoisotopic (exact) mass is 1330 g/mol. The van der Waals surface area contributed by atoms with Crippen LogP contribution in [0.3, 0.4) is 0 Å². The zero-order valence-corrected chi connectivity index (χ0v) is 70.3. The molecule has 0 radical (unpaired) electrons. The highest BCUT2D eigenvalue weighted by Crippen LogP contribution is 2.35. The van der Waals surface area contributed by atoms with Crippen LogP contribution in [0.1, 0.15) is 0 Å². The normalized spacial score (nSPS) is 31.5. The van der Waals surface area contributed by atoms with Gasteiger partial charge in [0.05, 0.1) is 0 Å². The number of rotatable bonds is 0. The molecule has 4 rings (SSSR count). The van der Waals surface area contributed by atoms with Gasteiger partial charge in [0.2, 0.25) is 0 Å². The first-order valence-electron chi connectivity index (χ1n) is 25.3. The smallest absolute Gasteiger partial charge is 0.314 e. The van der Waals surface area contributed by atoms with Gasteiger partial charge in [-0.2, -0.15) is 0 Å². The lowest BCUT2D eigenvalue weighted by Gasteiger charge is -2.46. The van der Waals surface area contributed by atoms with Crippen molar-refractivity contribution in [3.63, 3.8) is 0 Å². The van der Waals surface area contributed by atoms with E-state index in [0.29, 0.717) is 0 Å². The molecular weight excluding hydrogens is 1230 g/mol. The third kappa shape index (κ3) is 30.8. The van der Waals surface area contributed by atoms with E-state index in [1.54, 1.807) is 0 Å². The second-order valence-electron chi connectivity index (χ2n) is 27.0. The zero-order chi connectivity index (χ0) is 57.7. The molecule has 0 amide bonds. The number of hydrogen-bond donors (Lipinski definition) is 0. The van der Waals surface area contributed by atoms with Crippen LogP contribution >= 0.6 is 0 Å². The van der Waals surface area contributed by atoms with E-state index in [-0.39, 0.29) is 0 Å². The summed E-state index contributed by atoms with van der Waals surface area (Å²) in [6.45, 7) is 74.8. The van der Waals surface area contributed by atoms with Crippen molar-refractivity contribution in [1.82, 2.24) is 0 Å². The van der Waals surface area contributed by atoms with Crippen LogP contribution in [0.5, 0.6) is 0 Å². The molecule has 4 heterocycles. The largest absolute Gasteiger partial charge is 0.416 e. The maximum Gasteiger partial charge on any atom is 0.314 e. The predicted octanol–water partition coefficient (Wildman–Crippen LogP) is 12.9. The third-order valence-electron chi connectivity index (χ3n) is 8.85. The van der Waals surface area contributed by atoms with E-state index in [4.69, 9.17) is 74.1 Å². The summed E-state index contributed by atoms with van der Waals surface area (Å²) in [6, 6.07) is 0. The van der Waals surface area contributed by atoms with Crippen LogP contribution < -0.4 is 0 Å². The highest BCUT2D eigenvalue weighted by Gasteiger charge is 2.55. The average Bonchev–Trinajstić information content (AvgIpc) is 2.82. The van der Waals surface area contributed by atoms with Crippen LogP contribution in [0, 0.1) is 0 Å².